The number of thiophene rings is 1. The number of ether oxygens (including phenoxy) is 1. The summed E-state index contributed by atoms with van der Waals surface area (Å²) in [4.78, 5) is 13.4. The molecule has 0 atom stereocenters. The number of carbonyl (C=O) groups excluding carboxylic acids is 1. The number of anilines is 3. The van der Waals surface area contributed by atoms with Crippen LogP contribution in [0.4, 0.5) is 16.4 Å². The van der Waals surface area contributed by atoms with E-state index in [1.54, 1.807) is 72.8 Å². The van der Waals surface area contributed by atoms with E-state index in [-0.39, 0.29) is 31.1 Å². The quantitative estimate of drug-likeness (QED) is 0.306. The number of nitrogen functional groups attached to an aromatic ring is 1. The molecule has 0 aliphatic heterocycles. The van der Waals surface area contributed by atoms with Gasteiger partial charge in [-0.2, -0.15) is 0 Å². The Morgan fingerprint density at radius 1 is 0.971 bits per heavy atom. The van der Waals surface area contributed by atoms with E-state index in [1.165, 1.54) is 7.11 Å². The van der Waals surface area contributed by atoms with Gasteiger partial charge in [0.25, 0.3) is 0 Å². The number of sulfone groups is 1. The maximum absolute atomic E-state index is 13.7. The Balaban J connectivity index is 1.89. The van der Waals surface area contributed by atoms with Crippen LogP contribution in [0.15, 0.2) is 88.7 Å². The van der Waals surface area contributed by atoms with Crippen LogP contribution in [0.5, 0.6) is 5.75 Å². The van der Waals surface area contributed by atoms with Crippen molar-refractivity contribution < 1.29 is 17.9 Å². The van der Waals surface area contributed by atoms with E-state index in [4.69, 9.17) is 10.5 Å². The summed E-state index contributed by atoms with van der Waals surface area (Å²) >= 11 is 1.01. The molecule has 3 N–H and O–H groups in total. The first kappa shape index (κ1) is 23.5. The molecule has 1 heterocycles. The van der Waals surface area contributed by atoms with Crippen LogP contribution >= 0.6 is 11.3 Å². The molecule has 0 spiro atoms. The second-order valence-electron chi connectivity index (χ2n) is 7.52. The summed E-state index contributed by atoms with van der Waals surface area (Å²) in [5.74, 6) is 0.190. The molecular formula is C26H24N2O4S2. The number of methoxy groups -OCH3 is 1. The molecule has 34 heavy (non-hydrogen) atoms. The van der Waals surface area contributed by atoms with Crippen LogP contribution in [0.3, 0.4) is 0 Å². The van der Waals surface area contributed by atoms with Gasteiger partial charge in [0.15, 0.2) is 0 Å². The van der Waals surface area contributed by atoms with Crippen LogP contribution in [0.25, 0.3) is 0 Å². The Morgan fingerprint density at radius 2 is 1.62 bits per heavy atom. The smallest absolute Gasteiger partial charge is 0.211 e. The van der Waals surface area contributed by atoms with Gasteiger partial charge in [-0.25, -0.2) is 8.42 Å². The first-order valence-corrected chi connectivity index (χ1v) is 12.9. The van der Waals surface area contributed by atoms with E-state index >= 15 is 0 Å². The molecule has 0 aliphatic rings. The molecule has 0 saturated carbocycles. The van der Waals surface area contributed by atoms with E-state index < -0.39 is 9.84 Å². The lowest BCUT2D eigenvalue weighted by Crippen LogP contribution is -2.08. The second-order valence-corrected chi connectivity index (χ2v) is 10.4. The zero-order valence-electron chi connectivity index (χ0n) is 18.7. The topological polar surface area (TPSA) is 98.5 Å². The molecule has 0 amide bonds. The van der Waals surface area contributed by atoms with Gasteiger partial charge < -0.3 is 15.8 Å². The molecule has 0 aliphatic carbocycles. The Morgan fingerprint density at radius 3 is 2.26 bits per heavy atom. The third-order valence-corrected chi connectivity index (χ3v) is 8.51. The van der Waals surface area contributed by atoms with Crippen molar-refractivity contribution in [3.63, 3.8) is 0 Å². The standard InChI is InChI=1S/C26H24N2O4S2/c1-3-17-13-15-19(16-14-17)34(30,31)25-22(27)24(23(29)18-9-5-4-6-10-18)33-26(25)28-20-11-7-8-12-21(20)32-2/h4-16,28H,3,27H2,1-2H3. The zero-order chi connectivity index (χ0) is 24.3. The lowest BCUT2D eigenvalue weighted by atomic mass is 10.1. The third-order valence-electron chi connectivity index (χ3n) is 5.41. The summed E-state index contributed by atoms with van der Waals surface area (Å²) < 4.78 is 32.9. The molecule has 4 rings (SSSR count). The fourth-order valence-electron chi connectivity index (χ4n) is 3.56. The SMILES string of the molecule is CCc1ccc(S(=O)(=O)c2c(Nc3ccccc3OC)sc(C(=O)c3ccccc3)c2N)cc1. The molecule has 0 unspecified atom stereocenters. The lowest BCUT2D eigenvalue weighted by molar-refractivity contribution is 0.104. The molecule has 0 fully saturated rings. The summed E-state index contributed by atoms with van der Waals surface area (Å²) in [6.07, 6.45) is 0.789. The van der Waals surface area contributed by atoms with Crippen LogP contribution in [0.1, 0.15) is 27.7 Å². The van der Waals surface area contributed by atoms with Crippen molar-refractivity contribution >= 4 is 43.3 Å². The molecule has 8 heteroatoms. The maximum atomic E-state index is 13.7. The zero-order valence-corrected chi connectivity index (χ0v) is 20.4. The number of benzene rings is 3. The minimum absolute atomic E-state index is 0.0733. The molecule has 0 radical (unpaired) electrons. The van der Waals surface area contributed by atoms with Gasteiger partial charge in [0.1, 0.15) is 20.5 Å². The first-order valence-electron chi connectivity index (χ1n) is 10.6. The average molecular weight is 493 g/mol. The molecule has 174 valence electrons. The van der Waals surface area contributed by atoms with Crippen molar-refractivity contribution in [3.8, 4) is 5.75 Å². The average Bonchev–Trinajstić information content (AvgIpc) is 3.20. The normalized spacial score (nSPS) is 11.2. The summed E-state index contributed by atoms with van der Waals surface area (Å²) in [7, 11) is -2.50. The van der Waals surface area contributed by atoms with Crippen molar-refractivity contribution in [1.29, 1.82) is 0 Å². The van der Waals surface area contributed by atoms with Crippen LogP contribution < -0.4 is 15.8 Å². The number of aryl methyl sites for hydroxylation is 1. The highest BCUT2D eigenvalue weighted by Gasteiger charge is 2.32. The highest BCUT2D eigenvalue weighted by molar-refractivity contribution is 7.92. The van der Waals surface area contributed by atoms with E-state index in [0.717, 1.165) is 23.3 Å². The molecule has 0 bridgehead atoms. The minimum atomic E-state index is -4.03. The van der Waals surface area contributed by atoms with Crippen molar-refractivity contribution in [3.05, 3.63) is 94.9 Å². The largest absolute Gasteiger partial charge is 0.495 e. The summed E-state index contributed by atoms with van der Waals surface area (Å²) in [5.41, 5.74) is 8.31. The van der Waals surface area contributed by atoms with Crippen molar-refractivity contribution in [1.82, 2.24) is 0 Å². The Hall–Kier alpha value is -3.62. The van der Waals surface area contributed by atoms with E-state index in [0.29, 0.717) is 17.0 Å². The molecule has 3 aromatic carbocycles. The fourth-order valence-corrected chi connectivity index (χ4v) is 6.49. The van der Waals surface area contributed by atoms with Gasteiger partial charge in [-0.1, -0.05) is 61.5 Å². The van der Waals surface area contributed by atoms with E-state index in [2.05, 4.69) is 5.32 Å². The number of ketones is 1. The summed E-state index contributed by atoms with van der Waals surface area (Å²) in [6.45, 7) is 2.00. The van der Waals surface area contributed by atoms with Gasteiger partial charge in [-0.05, 0) is 36.2 Å². The highest BCUT2D eigenvalue weighted by Crippen LogP contribution is 2.45. The van der Waals surface area contributed by atoms with Gasteiger partial charge >= 0.3 is 0 Å². The van der Waals surface area contributed by atoms with Crippen LogP contribution in [0, 0.1) is 0 Å². The van der Waals surface area contributed by atoms with Gasteiger partial charge in [0.05, 0.1) is 23.4 Å². The van der Waals surface area contributed by atoms with Gasteiger partial charge in [-0.3, -0.25) is 4.79 Å². The predicted molar refractivity (Wildman–Crippen MR) is 136 cm³/mol. The number of para-hydroxylation sites is 2. The molecule has 6 nitrogen and oxygen atoms in total. The molecule has 0 saturated heterocycles. The minimum Gasteiger partial charge on any atom is -0.495 e. The summed E-state index contributed by atoms with van der Waals surface area (Å²) in [6, 6.07) is 22.5. The fraction of sp³-hybridized carbons (Fsp3) is 0.115. The number of nitrogens with two attached hydrogens (primary N) is 1. The van der Waals surface area contributed by atoms with Crippen molar-refractivity contribution in [2.75, 3.05) is 18.2 Å². The monoisotopic (exact) mass is 492 g/mol. The van der Waals surface area contributed by atoms with Gasteiger partial charge in [0, 0.05) is 5.56 Å². The molecule has 4 aromatic rings. The molecule has 1 aromatic heterocycles. The van der Waals surface area contributed by atoms with Gasteiger partial charge in [0.2, 0.25) is 15.6 Å². The van der Waals surface area contributed by atoms with E-state index in [9.17, 15) is 13.2 Å². The Labute approximate surface area is 202 Å². The van der Waals surface area contributed by atoms with Crippen LogP contribution in [0.2, 0.25) is 0 Å². The summed E-state index contributed by atoms with van der Waals surface area (Å²) in [5, 5.41) is 3.39. The number of hydrogen-bond donors (Lipinski definition) is 2. The molecular weight excluding hydrogens is 468 g/mol. The number of carbonyl (C=O) groups is 1. The number of rotatable bonds is 8. The Bertz CT molecular complexity index is 1430. The van der Waals surface area contributed by atoms with E-state index in [1.807, 2.05) is 13.0 Å². The second kappa shape index (κ2) is 9.70. The van der Waals surface area contributed by atoms with Crippen LogP contribution in [-0.2, 0) is 16.3 Å². The highest BCUT2D eigenvalue weighted by atomic mass is 32.2. The van der Waals surface area contributed by atoms with Gasteiger partial charge in [-0.15, -0.1) is 11.3 Å². The van der Waals surface area contributed by atoms with Crippen LogP contribution in [-0.4, -0.2) is 21.3 Å². The first-order chi connectivity index (χ1) is 16.4. The predicted octanol–water partition coefficient (Wildman–Crippen LogP) is 5.71. The number of nitrogens with one attached hydrogen (secondary N) is 1. The number of hydrogen-bond acceptors (Lipinski definition) is 7. The third kappa shape index (κ3) is 4.42. The maximum Gasteiger partial charge on any atom is 0.211 e. The lowest BCUT2D eigenvalue weighted by Gasteiger charge is -2.12. The van der Waals surface area contributed by atoms with Crippen molar-refractivity contribution in [2.45, 2.75) is 23.1 Å². The Kier molecular flexibility index (Phi) is 6.72. The van der Waals surface area contributed by atoms with Crippen molar-refractivity contribution in [2.24, 2.45) is 0 Å².